The number of rotatable bonds is 3. The molecule has 5 nitrogen and oxygen atoms in total. The maximum Gasteiger partial charge on any atom is 0.190 e. The molecule has 0 spiro atoms. The SMILES string of the molecule is Cc1nc(N(C)c2cccc(C(N)=NO)c2)sc1C. The Bertz CT molecular complexity index is 601. The maximum absolute atomic E-state index is 8.71. The lowest BCUT2D eigenvalue weighted by molar-refractivity contribution is 0.318. The predicted molar refractivity (Wildman–Crippen MR) is 78.6 cm³/mol. The van der Waals surface area contributed by atoms with Crippen molar-refractivity contribution in [2.24, 2.45) is 10.9 Å². The molecule has 0 unspecified atom stereocenters. The van der Waals surface area contributed by atoms with Crippen molar-refractivity contribution >= 4 is 28.0 Å². The van der Waals surface area contributed by atoms with E-state index >= 15 is 0 Å². The summed E-state index contributed by atoms with van der Waals surface area (Å²) in [5.41, 5.74) is 8.26. The summed E-state index contributed by atoms with van der Waals surface area (Å²) in [7, 11) is 1.95. The Labute approximate surface area is 116 Å². The Balaban J connectivity index is 2.36. The number of aromatic nitrogens is 1. The number of thiazole rings is 1. The average molecular weight is 276 g/mol. The summed E-state index contributed by atoms with van der Waals surface area (Å²) in [5.74, 6) is 0.0988. The van der Waals surface area contributed by atoms with Gasteiger partial charge in [0.15, 0.2) is 11.0 Å². The number of hydrogen-bond donors (Lipinski definition) is 2. The minimum Gasteiger partial charge on any atom is -0.409 e. The van der Waals surface area contributed by atoms with Crippen molar-refractivity contribution in [3.63, 3.8) is 0 Å². The van der Waals surface area contributed by atoms with Crippen LogP contribution in [0.5, 0.6) is 0 Å². The van der Waals surface area contributed by atoms with Gasteiger partial charge in [-0.05, 0) is 26.0 Å². The molecule has 19 heavy (non-hydrogen) atoms. The summed E-state index contributed by atoms with van der Waals surface area (Å²) in [6.45, 7) is 4.05. The Morgan fingerprint density at radius 2 is 2.16 bits per heavy atom. The first-order valence-electron chi connectivity index (χ1n) is 5.78. The lowest BCUT2D eigenvalue weighted by atomic mass is 10.2. The molecular formula is C13H16N4OS. The smallest absolute Gasteiger partial charge is 0.190 e. The number of nitrogens with zero attached hydrogens (tertiary/aromatic N) is 3. The van der Waals surface area contributed by atoms with E-state index in [2.05, 4.69) is 17.1 Å². The largest absolute Gasteiger partial charge is 0.409 e. The number of oxime groups is 1. The molecule has 3 N–H and O–H groups in total. The zero-order valence-corrected chi connectivity index (χ0v) is 11.9. The summed E-state index contributed by atoms with van der Waals surface area (Å²) in [6, 6.07) is 7.48. The first-order valence-corrected chi connectivity index (χ1v) is 6.60. The number of aryl methyl sites for hydroxylation is 2. The highest BCUT2D eigenvalue weighted by molar-refractivity contribution is 7.15. The van der Waals surface area contributed by atoms with E-state index in [1.807, 2.05) is 37.1 Å². The van der Waals surface area contributed by atoms with Gasteiger partial charge in [0.05, 0.1) is 5.69 Å². The van der Waals surface area contributed by atoms with Crippen LogP contribution in [-0.4, -0.2) is 23.1 Å². The van der Waals surface area contributed by atoms with Gasteiger partial charge in [-0.25, -0.2) is 4.98 Å². The third-order valence-corrected chi connectivity index (χ3v) is 4.09. The van der Waals surface area contributed by atoms with E-state index in [0.717, 1.165) is 16.5 Å². The highest BCUT2D eigenvalue weighted by atomic mass is 32.1. The van der Waals surface area contributed by atoms with E-state index in [-0.39, 0.29) is 5.84 Å². The summed E-state index contributed by atoms with van der Waals surface area (Å²) < 4.78 is 0. The van der Waals surface area contributed by atoms with Gasteiger partial charge in [-0.3, -0.25) is 0 Å². The van der Waals surface area contributed by atoms with Crippen LogP contribution in [0.15, 0.2) is 29.4 Å². The van der Waals surface area contributed by atoms with Crippen LogP contribution in [0.25, 0.3) is 0 Å². The Morgan fingerprint density at radius 3 is 2.74 bits per heavy atom. The molecule has 0 saturated carbocycles. The Kier molecular flexibility index (Phi) is 3.71. The van der Waals surface area contributed by atoms with Gasteiger partial charge in [-0.1, -0.05) is 17.3 Å². The van der Waals surface area contributed by atoms with Crippen LogP contribution in [0.3, 0.4) is 0 Å². The van der Waals surface area contributed by atoms with Crippen LogP contribution < -0.4 is 10.6 Å². The molecule has 2 rings (SSSR count). The zero-order chi connectivity index (χ0) is 14.0. The molecule has 0 saturated heterocycles. The molecular weight excluding hydrogens is 260 g/mol. The van der Waals surface area contributed by atoms with E-state index in [1.54, 1.807) is 17.4 Å². The summed E-state index contributed by atoms with van der Waals surface area (Å²) >= 11 is 1.64. The van der Waals surface area contributed by atoms with E-state index < -0.39 is 0 Å². The van der Waals surface area contributed by atoms with Gasteiger partial charge >= 0.3 is 0 Å². The Hall–Kier alpha value is -2.08. The molecule has 0 bridgehead atoms. The van der Waals surface area contributed by atoms with Gasteiger partial charge in [-0.15, -0.1) is 11.3 Å². The second-order valence-electron chi connectivity index (χ2n) is 4.23. The van der Waals surface area contributed by atoms with Crippen LogP contribution in [0.2, 0.25) is 0 Å². The minimum absolute atomic E-state index is 0.0988. The second-order valence-corrected chi connectivity index (χ2v) is 5.41. The normalized spacial score (nSPS) is 11.6. The third-order valence-electron chi connectivity index (χ3n) is 2.94. The van der Waals surface area contributed by atoms with Gasteiger partial charge in [-0.2, -0.15) is 0 Å². The molecule has 100 valence electrons. The molecule has 2 aromatic rings. The van der Waals surface area contributed by atoms with Gasteiger partial charge in [0.25, 0.3) is 0 Å². The number of benzene rings is 1. The standard InChI is InChI=1S/C13H16N4OS/c1-8-9(2)19-13(15-8)17(3)11-6-4-5-10(7-11)12(14)16-18/h4-7,18H,1-3H3,(H2,14,16). The second kappa shape index (κ2) is 5.27. The van der Waals surface area contributed by atoms with Gasteiger partial charge in [0.2, 0.25) is 0 Å². The molecule has 0 atom stereocenters. The fourth-order valence-electron chi connectivity index (χ4n) is 1.64. The molecule has 0 aliphatic rings. The quantitative estimate of drug-likeness (QED) is 0.391. The third kappa shape index (κ3) is 2.68. The first-order chi connectivity index (χ1) is 9.02. The summed E-state index contributed by atoms with van der Waals surface area (Å²) in [4.78, 5) is 7.70. The van der Waals surface area contributed by atoms with Crippen molar-refractivity contribution in [2.75, 3.05) is 11.9 Å². The first kappa shape index (κ1) is 13.4. The van der Waals surface area contributed by atoms with Crippen molar-refractivity contribution in [2.45, 2.75) is 13.8 Å². The van der Waals surface area contributed by atoms with Crippen LogP contribution >= 0.6 is 11.3 Å². The van der Waals surface area contributed by atoms with Crippen molar-refractivity contribution in [3.8, 4) is 0 Å². The number of amidine groups is 1. The summed E-state index contributed by atoms with van der Waals surface area (Å²) in [5, 5.41) is 12.6. The van der Waals surface area contributed by atoms with E-state index in [4.69, 9.17) is 10.9 Å². The van der Waals surface area contributed by atoms with E-state index in [9.17, 15) is 0 Å². The summed E-state index contributed by atoms with van der Waals surface area (Å²) in [6.07, 6.45) is 0. The van der Waals surface area contributed by atoms with Crippen LogP contribution in [0.1, 0.15) is 16.1 Å². The molecule has 1 aromatic heterocycles. The van der Waals surface area contributed by atoms with Crippen molar-refractivity contribution < 1.29 is 5.21 Å². The number of anilines is 2. The molecule has 1 heterocycles. The monoisotopic (exact) mass is 276 g/mol. The molecule has 1 aromatic carbocycles. The van der Waals surface area contributed by atoms with Gasteiger partial charge in [0.1, 0.15) is 0 Å². The Morgan fingerprint density at radius 1 is 1.42 bits per heavy atom. The molecule has 0 aliphatic carbocycles. The lowest BCUT2D eigenvalue weighted by Crippen LogP contribution is -2.15. The van der Waals surface area contributed by atoms with Gasteiger partial charge < -0.3 is 15.8 Å². The minimum atomic E-state index is 0.0988. The van der Waals surface area contributed by atoms with Gasteiger partial charge in [0, 0.05) is 23.2 Å². The van der Waals surface area contributed by atoms with Crippen LogP contribution in [0.4, 0.5) is 10.8 Å². The number of nitrogens with two attached hydrogens (primary N) is 1. The zero-order valence-electron chi connectivity index (χ0n) is 11.1. The molecule has 0 radical (unpaired) electrons. The molecule has 0 fully saturated rings. The van der Waals surface area contributed by atoms with Crippen LogP contribution in [0, 0.1) is 13.8 Å². The van der Waals surface area contributed by atoms with Crippen molar-refractivity contribution in [3.05, 3.63) is 40.4 Å². The lowest BCUT2D eigenvalue weighted by Gasteiger charge is -2.16. The molecule has 0 aliphatic heterocycles. The average Bonchev–Trinajstić information content (AvgIpc) is 2.77. The van der Waals surface area contributed by atoms with E-state index in [1.165, 1.54) is 4.88 Å². The van der Waals surface area contributed by atoms with Crippen molar-refractivity contribution in [1.82, 2.24) is 4.98 Å². The van der Waals surface area contributed by atoms with Crippen molar-refractivity contribution in [1.29, 1.82) is 0 Å². The predicted octanol–water partition coefficient (Wildman–Crippen LogP) is 2.62. The highest BCUT2D eigenvalue weighted by Gasteiger charge is 2.11. The molecule has 6 heteroatoms. The molecule has 0 amide bonds. The fraction of sp³-hybridized carbons (Fsp3) is 0.231. The highest BCUT2D eigenvalue weighted by Crippen LogP contribution is 2.30. The number of hydrogen-bond acceptors (Lipinski definition) is 5. The fourth-order valence-corrected chi connectivity index (χ4v) is 2.53. The maximum atomic E-state index is 8.71. The van der Waals surface area contributed by atoms with Crippen LogP contribution in [-0.2, 0) is 0 Å². The topological polar surface area (TPSA) is 74.7 Å². The van der Waals surface area contributed by atoms with E-state index in [0.29, 0.717) is 5.56 Å².